The van der Waals surface area contributed by atoms with Gasteiger partial charge in [0.15, 0.2) is 5.75 Å². The Balaban J connectivity index is 2.03. The molecule has 0 aliphatic rings. The van der Waals surface area contributed by atoms with E-state index in [9.17, 15) is 0 Å². The highest BCUT2D eigenvalue weighted by molar-refractivity contribution is 9.10. The fraction of sp³-hybridized carbons (Fsp3) is 0.357. The average Bonchev–Trinajstić information content (AvgIpc) is 2.85. The van der Waals surface area contributed by atoms with Crippen LogP contribution in [0.15, 0.2) is 35.1 Å². The van der Waals surface area contributed by atoms with Gasteiger partial charge in [0, 0.05) is 16.6 Å². The van der Waals surface area contributed by atoms with E-state index in [-0.39, 0.29) is 0 Å². The van der Waals surface area contributed by atoms with Crippen LogP contribution in [0.3, 0.4) is 0 Å². The van der Waals surface area contributed by atoms with Crippen molar-refractivity contribution in [2.75, 3.05) is 7.11 Å². The molecule has 0 unspecified atom stereocenters. The molecule has 0 radical (unpaired) electrons. The van der Waals surface area contributed by atoms with Gasteiger partial charge in [0.05, 0.1) is 19.5 Å². The van der Waals surface area contributed by atoms with Crippen molar-refractivity contribution >= 4 is 15.9 Å². The van der Waals surface area contributed by atoms with Crippen molar-refractivity contribution < 1.29 is 9.47 Å². The number of aryl methyl sites for hydroxylation is 1. The zero-order chi connectivity index (χ0) is 13.7. The lowest BCUT2D eigenvalue weighted by atomic mass is 10.2. The maximum absolute atomic E-state index is 5.73. The molecule has 1 heterocycles. The Morgan fingerprint density at radius 2 is 2.21 bits per heavy atom. The predicted molar refractivity (Wildman–Crippen MR) is 77.5 cm³/mol. The first-order valence-corrected chi connectivity index (χ1v) is 7.00. The molecule has 5 heteroatoms. The highest BCUT2D eigenvalue weighted by Crippen LogP contribution is 2.24. The van der Waals surface area contributed by atoms with Crippen molar-refractivity contribution in [3.8, 4) is 11.5 Å². The maximum atomic E-state index is 5.73. The highest BCUT2D eigenvalue weighted by Gasteiger charge is 2.06. The van der Waals surface area contributed by atoms with E-state index in [4.69, 9.17) is 9.47 Å². The Morgan fingerprint density at radius 1 is 1.37 bits per heavy atom. The minimum absolute atomic E-state index is 0.459. The van der Waals surface area contributed by atoms with Crippen LogP contribution >= 0.6 is 15.9 Å². The van der Waals surface area contributed by atoms with Crippen molar-refractivity contribution in [3.63, 3.8) is 0 Å². The number of methoxy groups -OCH3 is 1. The fourth-order valence-electron chi connectivity index (χ4n) is 1.79. The molecule has 0 atom stereocenters. The summed E-state index contributed by atoms with van der Waals surface area (Å²) in [6, 6.07) is 5.86. The van der Waals surface area contributed by atoms with Crippen molar-refractivity contribution in [3.05, 3.63) is 40.6 Å². The molecule has 1 aromatic heterocycles. The van der Waals surface area contributed by atoms with Crippen LogP contribution in [0.5, 0.6) is 11.5 Å². The molecule has 4 nitrogen and oxygen atoms in total. The normalized spacial score (nSPS) is 10.5. The van der Waals surface area contributed by atoms with Gasteiger partial charge in [0.25, 0.3) is 0 Å². The van der Waals surface area contributed by atoms with Crippen LogP contribution in [-0.4, -0.2) is 16.9 Å². The summed E-state index contributed by atoms with van der Waals surface area (Å²) in [6.07, 6.45) is 4.70. The Hall–Kier alpha value is -1.49. The van der Waals surface area contributed by atoms with Gasteiger partial charge in [0.1, 0.15) is 12.4 Å². The molecular formula is C14H17BrN2O2. The van der Waals surface area contributed by atoms with Crippen LogP contribution in [0.25, 0.3) is 0 Å². The molecule has 2 aromatic rings. The molecule has 0 bridgehead atoms. The second-order valence-electron chi connectivity index (χ2n) is 4.18. The number of nitrogens with zero attached hydrogens (tertiary/aromatic N) is 2. The first-order valence-electron chi connectivity index (χ1n) is 6.20. The third-order valence-electron chi connectivity index (χ3n) is 2.70. The van der Waals surface area contributed by atoms with Crippen molar-refractivity contribution in [2.24, 2.45) is 0 Å². The Labute approximate surface area is 121 Å². The topological polar surface area (TPSA) is 36.3 Å². The molecule has 0 saturated carbocycles. The number of benzene rings is 1. The molecule has 0 amide bonds. The van der Waals surface area contributed by atoms with Crippen LogP contribution < -0.4 is 9.47 Å². The number of hydrogen-bond acceptors (Lipinski definition) is 3. The minimum atomic E-state index is 0.459. The van der Waals surface area contributed by atoms with Crippen LogP contribution in [0.4, 0.5) is 0 Å². The van der Waals surface area contributed by atoms with E-state index in [2.05, 4.69) is 28.0 Å². The Morgan fingerprint density at radius 3 is 2.95 bits per heavy atom. The number of rotatable bonds is 6. The largest absolute Gasteiger partial charge is 0.496 e. The van der Waals surface area contributed by atoms with Gasteiger partial charge < -0.3 is 9.47 Å². The number of ether oxygens (including phenoxy) is 2. The quantitative estimate of drug-likeness (QED) is 0.813. The van der Waals surface area contributed by atoms with Crippen LogP contribution in [0, 0.1) is 0 Å². The van der Waals surface area contributed by atoms with E-state index in [0.717, 1.165) is 34.5 Å². The Kier molecular flexibility index (Phi) is 4.85. The lowest BCUT2D eigenvalue weighted by Crippen LogP contribution is -1.99. The Bertz CT molecular complexity index is 540. The second kappa shape index (κ2) is 6.61. The van der Waals surface area contributed by atoms with Gasteiger partial charge >= 0.3 is 0 Å². The van der Waals surface area contributed by atoms with E-state index in [1.165, 1.54) is 0 Å². The lowest BCUT2D eigenvalue weighted by molar-refractivity contribution is 0.296. The fourth-order valence-corrected chi connectivity index (χ4v) is 2.20. The summed E-state index contributed by atoms with van der Waals surface area (Å²) in [5, 5.41) is 4.23. The van der Waals surface area contributed by atoms with Gasteiger partial charge in [0.2, 0.25) is 0 Å². The molecule has 19 heavy (non-hydrogen) atoms. The molecule has 0 fully saturated rings. The van der Waals surface area contributed by atoms with Gasteiger partial charge in [-0.1, -0.05) is 22.9 Å². The van der Waals surface area contributed by atoms with E-state index in [1.54, 1.807) is 13.3 Å². The van der Waals surface area contributed by atoms with E-state index >= 15 is 0 Å². The smallest absolute Gasteiger partial charge is 0.157 e. The van der Waals surface area contributed by atoms with E-state index < -0.39 is 0 Å². The van der Waals surface area contributed by atoms with Gasteiger partial charge in [-0.15, -0.1) is 0 Å². The molecule has 0 N–H and O–H groups in total. The molecule has 2 rings (SSSR count). The number of aromatic nitrogens is 2. The van der Waals surface area contributed by atoms with Gasteiger partial charge in [-0.3, -0.25) is 4.68 Å². The third kappa shape index (κ3) is 3.73. The maximum Gasteiger partial charge on any atom is 0.157 e. The number of halogens is 1. The SMILES string of the molecule is CCCn1cc(OCc2cc(Br)ccc2OC)cn1. The van der Waals surface area contributed by atoms with Crippen molar-refractivity contribution in [1.82, 2.24) is 9.78 Å². The van der Waals surface area contributed by atoms with E-state index in [0.29, 0.717) is 6.61 Å². The summed E-state index contributed by atoms with van der Waals surface area (Å²) in [6.45, 7) is 3.48. The predicted octanol–water partition coefficient (Wildman–Crippen LogP) is 3.64. The zero-order valence-electron chi connectivity index (χ0n) is 11.1. The first kappa shape index (κ1) is 13.9. The van der Waals surface area contributed by atoms with Crippen LogP contribution in [0.2, 0.25) is 0 Å². The summed E-state index contributed by atoms with van der Waals surface area (Å²) in [4.78, 5) is 0. The van der Waals surface area contributed by atoms with Crippen LogP contribution in [-0.2, 0) is 13.2 Å². The average molecular weight is 325 g/mol. The van der Waals surface area contributed by atoms with Gasteiger partial charge in [-0.2, -0.15) is 5.10 Å². The first-order chi connectivity index (χ1) is 9.22. The van der Waals surface area contributed by atoms with Gasteiger partial charge in [-0.25, -0.2) is 0 Å². The van der Waals surface area contributed by atoms with Gasteiger partial charge in [-0.05, 0) is 24.6 Å². The number of hydrogen-bond donors (Lipinski definition) is 0. The summed E-state index contributed by atoms with van der Waals surface area (Å²) >= 11 is 3.45. The zero-order valence-corrected chi connectivity index (χ0v) is 12.7. The molecular weight excluding hydrogens is 308 g/mol. The van der Waals surface area contributed by atoms with E-state index in [1.807, 2.05) is 29.1 Å². The summed E-state index contributed by atoms with van der Waals surface area (Å²) in [5.74, 6) is 1.60. The molecule has 0 saturated heterocycles. The van der Waals surface area contributed by atoms with Crippen molar-refractivity contribution in [1.29, 1.82) is 0 Å². The molecule has 1 aromatic carbocycles. The highest BCUT2D eigenvalue weighted by atomic mass is 79.9. The monoisotopic (exact) mass is 324 g/mol. The lowest BCUT2D eigenvalue weighted by Gasteiger charge is -2.09. The third-order valence-corrected chi connectivity index (χ3v) is 3.19. The summed E-state index contributed by atoms with van der Waals surface area (Å²) in [7, 11) is 1.66. The van der Waals surface area contributed by atoms with Crippen LogP contribution in [0.1, 0.15) is 18.9 Å². The molecule has 0 aliphatic heterocycles. The molecule has 0 aliphatic carbocycles. The summed E-state index contributed by atoms with van der Waals surface area (Å²) < 4.78 is 13.9. The molecule has 0 spiro atoms. The standard InChI is InChI=1S/C14H17BrN2O2/c1-3-6-17-9-13(8-16-17)19-10-11-7-12(15)4-5-14(11)18-2/h4-5,7-9H,3,6,10H2,1-2H3. The molecule has 102 valence electrons. The summed E-state index contributed by atoms with van der Waals surface area (Å²) in [5.41, 5.74) is 1.00. The minimum Gasteiger partial charge on any atom is -0.496 e. The van der Waals surface area contributed by atoms with Crippen molar-refractivity contribution in [2.45, 2.75) is 26.5 Å². The second-order valence-corrected chi connectivity index (χ2v) is 5.10.